The molecule has 2 unspecified atom stereocenters. The van der Waals surface area contributed by atoms with Crippen molar-refractivity contribution < 1.29 is 4.39 Å². The predicted molar refractivity (Wildman–Crippen MR) is 67.0 cm³/mol. The highest BCUT2D eigenvalue weighted by Crippen LogP contribution is 2.27. The van der Waals surface area contributed by atoms with Crippen LogP contribution >= 0.6 is 0 Å². The van der Waals surface area contributed by atoms with Crippen molar-refractivity contribution in [3.05, 3.63) is 35.1 Å². The van der Waals surface area contributed by atoms with Crippen molar-refractivity contribution in [2.24, 2.45) is 5.92 Å². The minimum atomic E-state index is -0.104. The monoisotopic (exact) mass is 223 g/mol. The third-order valence-electron chi connectivity index (χ3n) is 3.11. The lowest BCUT2D eigenvalue weighted by molar-refractivity contribution is 0.372. The molecule has 0 heterocycles. The fourth-order valence-electron chi connectivity index (χ4n) is 2.27. The van der Waals surface area contributed by atoms with Crippen LogP contribution in [-0.4, -0.2) is 7.05 Å². The Kier molecular flexibility index (Phi) is 4.94. The molecule has 2 heteroatoms. The van der Waals surface area contributed by atoms with Gasteiger partial charge in [0.25, 0.3) is 0 Å². The SMILES string of the molecule is CCCC(C)C(NC)c1cc(C)ccc1F. The first-order valence-electron chi connectivity index (χ1n) is 6.03. The largest absolute Gasteiger partial charge is 0.313 e. The fourth-order valence-corrected chi connectivity index (χ4v) is 2.27. The molecule has 1 nitrogen and oxygen atoms in total. The molecule has 0 aliphatic rings. The average molecular weight is 223 g/mol. The molecule has 0 aliphatic carbocycles. The van der Waals surface area contributed by atoms with E-state index in [1.807, 2.05) is 26.1 Å². The molecule has 1 rings (SSSR count). The highest BCUT2D eigenvalue weighted by atomic mass is 19.1. The second-order valence-corrected chi connectivity index (χ2v) is 4.56. The summed E-state index contributed by atoms with van der Waals surface area (Å²) in [5.41, 5.74) is 1.91. The van der Waals surface area contributed by atoms with Gasteiger partial charge in [0.1, 0.15) is 5.82 Å². The lowest BCUT2D eigenvalue weighted by Crippen LogP contribution is -2.24. The van der Waals surface area contributed by atoms with Crippen LogP contribution in [0, 0.1) is 18.7 Å². The molecule has 1 aromatic carbocycles. The molecule has 2 atom stereocenters. The summed E-state index contributed by atoms with van der Waals surface area (Å²) in [6.07, 6.45) is 2.24. The first kappa shape index (κ1) is 13.2. The van der Waals surface area contributed by atoms with Gasteiger partial charge in [0.2, 0.25) is 0 Å². The van der Waals surface area contributed by atoms with E-state index in [-0.39, 0.29) is 11.9 Å². The summed E-state index contributed by atoms with van der Waals surface area (Å²) in [6, 6.07) is 5.44. The number of hydrogen-bond donors (Lipinski definition) is 1. The maximum absolute atomic E-state index is 13.8. The summed E-state index contributed by atoms with van der Waals surface area (Å²) in [5, 5.41) is 3.23. The molecule has 0 bridgehead atoms. The first-order chi connectivity index (χ1) is 7.60. The minimum absolute atomic E-state index is 0.104. The number of aryl methyl sites for hydroxylation is 1. The van der Waals surface area contributed by atoms with E-state index in [0.29, 0.717) is 5.92 Å². The lowest BCUT2D eigenvalue weighted by atomic mass is 9.90. The zero-order valence-corrected chi connectivity index (χ0v) is 10.7. The van der Waals surface area contributed by atoms with Crippen LogP contribution in [-0.2, 0) is 0 Å². The van der Waals surface area contributed by atoms with Crippen LogP contribution in [0.2, 0.25) is 0 Å². The van der Waals surface area contributed by atoms with Crippen molar-refractivity contribution in [2.75, 3.05) is 7.05 Å². The third-order valence-corrected chi connectivity index (χ3v) is 3.11. The van der Waals surface area contributed by atoms with Crippen molar-refractivity contribution in [3.8, 4) is 0 Å². The van der Waals surface area contributed by atoms with E-state index >= 15 is 0 Å². The van der Waals surface area contributed by atoms with Crippen molar-refractivity contribution in [3.63, 3.8) is 0 Å². The fraction of sp³-hybridized carbons (Fsp3) is 0.571. The number of hydrogen-bond acceptors (Lipinski definition) is 1. The number of halogens is 1. The third kappa shape index (κ3) is 3.05. The van der Waals surface area contributed by atoms with Crippen LogP contribution in [0.1, 0.15) is 43.9 Å². The van der Waals surface area contributed by atoms with Gasteiger partial charge in [0.15, 0.2) is 0 Å². The molecule has 0 aromatic heterocycles. The number of rotatable bonds is 5. The van der Waals surface area contributed by atoms with Crippen LogP contribution in [0.3, 0.4) is 0 Å². The standard InChI is InChI=1S/C14H22FN/c1-5-6-11(3)14(16-4)12-9-10(2)7-8-13(12)15/h7-9,11,14,16H,5-6H2,1-4H3. The van der Waals surface area contributed by atoms with Crippen molar-refractivity contribution in [1.29, 1.82) is 0 Å². The van der Waals surface area contributed by atoms with E-state index in [1.165, 1.54) is 0 Å². The zero-order chi connectivity index (χ0) is 12.1. The molecule has 0 aliphatic heterocycles. The average Bonchev–Trinajstić information content (AvgIpc) is 2.24. The molecule has 0 saturated heterocycles. The van der Waals surface area contributed by atoms with E-state index in [4.69, 9.17) is 0 Å². The molecule has 90 valence electrons. The van der Waals surface area contributed by atoms with Gasteiger partial charge in [-0.1, -0.05) is 38.0 Å². The van der Waals surface area contributed by atoms with Crippen LogP contribution in [0.4, 0.5) is 4.39 Å². The summed E-state index contributed by atoms with van der Waals surface area (Å²) in [7, 11) is 1.90. The van der Waals surface area contributed by atoms with E-state index in [9.17, 15) is 4.39 Å². The highest BCUT2D eigenvalue weighted by Gasteiger charge is 2.19. The minimum Gasteiger partial charge on any atom is -0.313 e. The maximum atomic E-state index is 13.8. The zero-order valence-electron chi connectivity index (χ0n) is 10.7. The number of benzene rings is 1. The smallest absolute Gasteiger partial charge is 0.128 e. The summed E-state index contributed by atoms with van der Waals surface area (Å²) in [5.74, 6) is 0.346. The molecular weight excluding hydrogens is 201 g/mol. The highest BCUT2D eigenvalue weighted by molar-refractivity contribution is 5.27. The van der Waals surface area contributed by atoms with Crippen LogP contribution < -0.4 is 5.32 Å². The Morgan fingerprint density at radius 2 is 2.06 bits per heavy atom. The molecule has 0 radical (unpaired) electrons. The van der Waals surface area contributed by atoms with Gasteiger partial charge in [0, 0.05) is 11.6 Å². The van der Waals surface area contributed by atoms with E-state index < -0.39 is 0 Å². The molecule has 0 fully saturated rings. The molecule has 16 heavy (non-hydrogen) atoms. The number of nitrogens with one attached hydrogen (secondary N) is 1. The van der Waals surface area contributed by atoms with Gasteiger partial charge in [-0.25, -0.2) is 4.39 Å². The van der Waals surface area contributed by atoms with E-state index in [2.05, 4.69) is 19.2 Å². The summed E-state index contributed by atoms with van der Waals surface area (Å²) in [6.45, 7) is 6.34. The Morgan fingerprint density at radius 1 is 1.38 bits per heavy atom. The Morgan fingerprint density at radius 3 is 2.62 bits per heavy atom. The maximum Gasteiger partial charge on any atom is 0.128 e. The van der Waals surface area contributed by atoms with Crippen molar-refractivity contribution >= 4 is 0 Å². The summed E-state index contributed by atoms with van der Waals surface area (Å²) in [4.78, 5) is 0. The normalized spacial score (nSPS) is 14.8. The molecule has 0 saturated carbocycles. The van der Waals surface area contributed by atoms with Gasteiger partial charge in [0.05, 0.1) is 0 Å². The van der Waals surface area contributed by atoms with E-state index in [1.54, 1.807) is 6.07 Å². The van der Waals surface area contributed by atoms with Crippen molar-refractivity contribution in [1.82, 2.24) is 5.32 Å². The van der Waals surface area contributed by atoms with Gasteiger partial charge in [-0.15, -0.1) is 0 Å². The Bertz CT molecular complexity index is 336. The van der Waals surface area contributed by atoms with Gasteiger partial charge in [-0.05, 0) is 32.4 Å². The first-order valence-corrected chi connectivity index (χ1v) is 6.03. The quantitative estimate of drug-likeness (QED) is 0.800. The summed E-state index contributed by atoms with van der Waals surface area (Å²) < 4.78 is 13.8. The molecular formula is C14H22FN. The van der Waals surface area contributed by atoms with Gasteiger partial charge < -0.3 is 5.32 Å². The van der Waals surface area contributed by atoms with Crippen LogP contribution in [0.5, 0.6) is 0 Å². The Labute approximate surface area is 98.1 Å². The second kappa shape index (κ2) is 6.00. The van der Waals surface area contributed by atoms with Crippen LogP contribution in [0.15, 0.2) is 18.2 Å². The molecule has 0 amide bonds. The Hall–Kier alpha value is -0.890. The summed E-state index contributed by atoms with van der Waals surface area (Å²) >= 11 is 0. The van der Waals surface area contributed by atoms with E-state index in [0.717, 1.165) is 24.0 Å². The lowest BCUT2D eigenvalue weighted by Gasteiger charge is -2.24. The molecule has 1 aromatic rings. The predicted octanol–water partition coefficient (Wildman–Crippen LogP) is 3.83. The molecule has 1 N–H and O–H groups in total. The topological polar surface area (TPSA) is 12.0 Å². The van der Waals surface area contributed by atoms with Crippen LogP contribution in [0.25, 0.3) is 0 Å². The molecule has 0 spiro atoms. The Balaban J connectivity index is 2.98. The second-order valence-electron chi connectivity index (χ2n) is 4.56. The van der Waals surface area contributed by atoms with Gasteiger partial charge in [-0.3, -0.25) is 0 Å². The van der Waals surface area contributed by atoms with Gasteiger partial charge >= 0.3 is 0 Å². The van der Waals surface area contributed by atoms with Crippen molar-refractivity contribution in [2.45, 2.75) is 39.7 Å². The van der Waals surface area contributed by atoms with Gasteiger partial charge in [-0.2, -0.15) is 0 Å².